The summed E-state index contributed by atoms with van der Waals surface area (Å²) >= 11 is 0. The highest BCUT2D eigenvalue weighted by atomic mass is 19.1. The topological polar surface area (TPSA) is 93.7 Å². The van der Waals surface area contributed by atoms with Crippen LogP contribution in [0, 0.1) is 18.7 Å². The molecular formula is C24H30FN7O2. The van der Waals surface area contributed by atoms with Crippen molar-refractivity contribution in [2.24, 2.45) is 5.92 Å². The van der Waals surface area contributed by atoms with E-state index in [-0.39, 0.29) is 23.6 Å². The van der Waals surface area contributed by atoms with E-state index in [2.05, 4.69) is 39.1 Å². The first-order valence-corrected chi connectivity index (χ1v) is 11.4. The second kappa shape index (κ2) is 9.76. The number of carbonyl (C=O) groups is 2. The van der Waals surface area contributed by atoms with E-state index in [4.69, 9.17) is 0 Å². The molecule has 2 aliphatic rings. The molecule has 2 aromatic rings. The van der Waals surface area contributed by atoms with Crippen molar-refractivity contribution in [3.05, 3.63) is 48.1 Å². The molecule has 1 unspecified atom stereocenters. The molecule has 2 saturated heterocycles. The molecular weight excluding hydrogens is 437 g/mol. The van der Waals surface area contributed by atoms with Gasteiger partial charge in [-0.15, -0.1) is 0 Å². The Morgan fingerprint density at radius 2 is 2.03 bits per heavy atom. The Labute approximate surface area is 198 Å². The van der Waals surface area contributed by atoms with Crippen molar-refractivity contribution in [1.29, 1.82) is 0 Å². The maximum Gasteiger partial charge on any atom is 0.245 e. The lowest BCUT2D eigenvalue weighted by atomic mass is 10.1. The number of piperazine rings is 1. The summed E-state index contributed by atoms with van der Waals surface area (Å²) in [7, 11) is 2.06. The third kappa shape index (κ3) is 4.86. The van der Waals surface area contributed by atoms with Gasteiger partial charge in [0.05, 0.1) is 5.69 Å². The smallest absolute Gasteiger partial charge is 0.245 e. The second-order valence-corrected chi connectivity index (χ2v) is 8.82. The number of carbonyl (C=O) groups excluding carboxylic acids is 2. The van der Waals surface area contributed by atoms with Crippen molar-refractivity contribution in [2.45, 2.75) is 20.3 Å². The third-order valence-corrected chi connectivity index (χ3v) is 6.15. The van der Waals surface area contributed by atoms with Gasteiger partial charge in [-0.2, -0.15) is 4.98 Å². The zero-order chi connectivity index (χ0) is 24.4. The fourth-order valence-corrected chi connectivity index (χ4v) is 4.20. The number of aryl methyl sites for hydroxylation is 1. The standard InChI is InChI=1S/C24H30FN7O2/c1-15(2)32(23(34)18-7-8-26-22(18)33)21-16(3)14-27-24(29-21)28-17-5-6-20(19(25)13-17)31-11-9-30(4)10-12-31/h5-6,13-14,18H,1,7-12H2,2-4H3,(H,26,33)(H,27,28,29). The second-order valence-electron chi connectivity index (χ2n) is 8.82. The summed E-state index contributed by atoms with van der Waals surface area (Å²) in [5.74, 6) is -1.23. The number of nitrogens with zero attached hydrogens (tertiary/aromatic N) is 5. The highest BCUT2D eigenvalue weighted by Gasteiger charge is 2.36. The maximum atomic E-state index is 14.9. The molecule has 2 aliphatic heterocycles. The average molecular weight is 468 g/mol. The summed E-state index contributed by atoms with van der Waals surface area (Å²) < 4.78 is 14.9. The third-order valence-electron chi connectivity index (χ3n) is 6.15. The van der Waals surface area contributed by atoms with Gasteiger partial charge >= 0.3 is 0 Å². The summed E-state index contributed by atoms with van der Waals surface area (Å²) in [6, 6.07) is 4.95. The summed E-state index contributed by atoms with van der Waals surface area (Å²) in [6.45, 7) is 11.2. The van der Waals surface area contributed by atoms with Crippen molar-refractivity contribution < 1.29 is 14.0 Å². The monoisotopic (exact) mass is 467 g/mol. The highest BCUT2D eigenvalue weighted by molar-refractivity contribution is 6.09. The molecule has 0 aliphatic carbocycles. The van der Waals surface area contributed by atoms with Crippen LogP contribution in [0.3, 0.4) is 0 Å². The van der Waals surface area contributed by atoms with Crippen LogP contribution >= 0.6 is 0 Å². The molecule has 1 atom stereocenters. The molecule has 0 spiro atoms. The fourth-order valence-electron chi connectivity index (χ4n) is 4.20. The number of halogens is 1. The van der Waals surface area contributed by atoms with Gasteiger partial charge in [0.1, 0.15) is 17.6 Å². The lowest BCUT2D eigenvalue weighted by molar-refractivity contribution is -0.131. The van der Waals surface area contributed by atoms with Crippen LogP contribution in [0.1, 0.15) is 18.9 Å². The number of nitrogens with one attached hydrogen (secondary N) is 2. The van der Waals surface area contributed by atoms with Crippen molar-refractivity contribution in [1.82, 2.24) is 20.2 Å². The van der Waals surface area contributed by atoms with Gasteiger partial charge in [-0.3, -0.25) is 14.5 Å². The summed E-state index contributed by atoms with van der Waals surface area (Å²) in [6.07, 6.45) is 2.01. The van der Waals surface area contributed by atoms with Gasteiger partial charge in [0, 0.05) is 55.9 Å². The van der Waals surface area contributed by atoms with Gasteiger partial charge in [-0.05, 0) is 45.5 Å². The van der Waals surface area contributed by atoms with E-state index in [0.717, 1.165) is 26.2 Å². The number of rotatable bonds is 6. The van der Waals surface area contributed by atoms with Crippen molar-refractivity contribution in [3.63, 3.8) is 0 Å². The molecule has 1 aromatic carbocycles. The van der Waals surface area contributed by atoms with E-state index < -0.39 is 5.92 Å². The first kappa shape index (κ1) is 23.6. The van der Waals surface area contributed by atoms with Gasteiger partial charge in [0.15, 0.2) is 0 Å². The number of aromatic nitrogens is 2. The highest BCUT2D eigenvalue weighted by Crippen LogP contribution is 2.28. The number of amides is 2. The van der Waals surface area contributed by atoms with Crippen LogP contribution in [0.15, 0.2) is 36.7 Å². The first-order chi connectivity index (χ1) is 16.2. The number of benzene rings is 1. The molecule has 180 valence electrons. The minimum Gasteiger partial charge on any atom is -0.367 e. The van der Waals surface area contributed by atoms with E-state index in [0.29, 0.717) is 41.4 Å². The zero-order valence-electron chi connectivity index (χ0n) is 19.8. The minimum absolute atomic E-state index is 0.210. The van der Waals surface area contributed by atoms with Crippen LogP contribution in [-0.2, 0) is 9.59 Å². The number of hydrogen-bond acceptors (Lipinski definition) is 7. The molecule has 2 amide bonds. The Kier molecular flexibility index (Phi) is 6.78. The summed E-state index contributed by atoms with van der Waals surface area (Å²) in [4.78, 5) is 39.6. The van der Waals surface area contributed by atoms with Crippen LogP contribution in [-0.4, -0.2) is 66.5 Å². The Morgan fingerprint density at radius 1 is 1.29 bits per heavy atom. The Morgan fingerprint density at radius 3 is 2.65 bits per heavy atom. The predicted octanol–water partition coefficient (Wildman–Crippen LogP) is 2.42. The largest absolute Gasteiger partial charge is 0.367 e. The average Bonchev–Trinajstić information content (AvgIpc) is 3.22. The van der Waals surface area contributed by atoms with E-state index in [9.17, 15) is 14.0 Å². The number of hydrogen-bond donors (Lipinski definition) is 2. The molecule has 34 heavy (non-hydrogen) atoms. The first-order valence-electron chi connectivity index (χ1n) is 11.4. The molecule has 10 heteroatoms. The molecule has 3 heterocycles. The number of anilines is 4. The van der Waals surface area contributed by atoms with Gasteiger partial charge in [-0.25, -0.2) is 9.37 Å². The lowest BCUT2D eigenvalue weighted by Gasteiger charge is -2.34. The summed E-state index contributed by atoms with van der Waals surface area (Å²) in [5.41, 5.74) is 2.16. The van der Waals surface area contributed by atoms with E-state index in [1.807, 2.05) is 4.90 Å². The van der Waals surface area contributed by atoms with E-state index in [1.54, 1.807) is 32.2 Å². The number of likely N-dealkylation sites (N-methyl/N-ethyl adjacent to an activating group) is 1. The molecule has 2 fully saturated rings. The molecule has 0 saturated carbocycles. The van der Waals surface area contributed by atoms with Gasteiger partial charge in [-0.1, -0.05) is 6.58 Å². The minimum atomic E-state index is -0.779. The van der Waals surface area contributed by atoms with Crippen molar-refractivity contribution >= 4 is 35.0 Å². The van der Waals surface area contributed by atoms with Crippen molar-refractivity contribution in [2.75, 3.05) is 54.9 Å². The van der Waals surface area contributed by atoms with Gasteiger partial charge in [0.25, 0.3) is 0 Å². The Hall–Kier alpha value is -3.53. The lowest BCUT2D eigenvalue weighted by Crippen LogP contribution is -2.44. The van der Waals surface area contributed by atoms with Crippen LogP contribution in [0.25, 0.3) is 0 Å². The summed E-state index contributed by atoms with van der Waals surface area (Å²) in [5, 5.41) is 5.71. The zero-order valence-corrected chi connectivity index (χ0v) is 19.8. The molecule has 9 nitrogen and oxygen atoms in total. The Bertz CT molecular complexity index is 1110. The fraction of sp³-hybridized carbons (Fsp3) is 0.417. The Balaban J connectivity index is 1.56. The van der Waals surface area contributed by atoms with Gasteiger partial charge < -0.3 is 20.4 Å². The maximum absolute atomic E-state index is 14.9. The van der Waals surface area contributed by atoms with Crippen LogP contribution < -0.4 is 20.4 Å². The normalized spacial score (nSPS) is 18.5. The molecule has 0 radical (unpaired) electrons. The molecule has 0 bridgehead atoms. The quantitative estimate of drug-likeness (QED) is 0.630. The van der Waals surface area contributed by atoms with E-state index >= 15 is 0 Å². The van der Waals surface area contributed by atoms with Gasteiger partial charge in [0.2, 0.25) is 17.8 Å². The molecule has 2 N–H and O–H groups in total. The predicted molar refractivity (Wildman–Crippen MR) is 130 cm³/mol. The van der Waals surface area contributed by atoms with Crippen LogP contribution in [0.2, 0.25) is 0 Å². The van der Waals surface area contributed by atoms with Crippen LogP contribution in [0.4, 0.5) is 27.5 Å². The van der Waals surface area contributed by atoms with Crippen molar-refractivity contribution in [3.8, 4) is 0 Å². The van der Waals surface area contributed by atoms with Crippen LogP contribution in [0.5, 0.6) is 0 Å². The number of allylic oxidation sites excluding steroid dienone is 1. The molecule has 1 aromatic heterocycles. The van der Waals surface area contributed by atoms with E-state index in [1.165, 1.54) is 11.0 Å². The molecule has 4 rings (SSSR count). The SMILES string of the molecule is C=C(C)N(C(=O)C1CCNC1=O)c1nc(Nc2ccc(N3CCN(C)CC3)c(F)c2)ncc1C.